The lowest BCUT2D eigenvalue weighted by molar-refractivity contribution is 0.103. The third kappa shape index (κ3) is 2.18. The average Bonchev–Trinajstić information content (AvgIpc) is 2.87. The van der Waals surface area contributed by atoms with Gasteiger partial charge in [0.2, 0.25) is 5.78 Å². The van der Waals surface area contributed by atoms with Gasteiger partial charge in [-0.1, -0.05) is 6.07 Å². The minimum atomic E-state index is -0.788. The van der Waals surface area contributed by atoms with Gasteiger partial charge in [0.1, 0.15) is 11.6 Å². The maximum Gasteiger partial charge on any atom is 0.208 e. The summed E-state index contributed by atoms with van der Waals surface area (Å²) in [7, 11) is 0. The Morgan fingerprint density at radius 1 is 1.20 bits per heavy atom. The van der Waals surface area contributed by atoms with E-state index in [0.717, 1.165) is 37.3 Å². The molecular weight excluding hydrogens is 278 g/mol. The van der Waals surface area contributed by atoms with E-state index < -0.39 is 23.0 Å². The number of halogens is 2. The van der Waals surface area contributed by atoms with E-state index in [1.165, 1.54) is 29.2 Å². The summed E-state index contributed by atoms with van der Waals surface area (Å²) in [6.45, 7) is 1.53. The highest BCUT2D eigenvalue weighted by atomic mass is 32.1. The SMILES string of the molecule is Cc1ccc(F)c(C(=O)c2cc3c(s2)CCCC3)c1F. The zero-order chi connectivity index (χ0) is 14.3. The van der Waals surface area contributed by atoms with E-state index in [9.17, 15) is 13.6 Å². The third-order valence-corrected chi connectivity index (χ3v) is 4.97. The number of ketones is 1. The number of hydrogen-bond donors (Lipinski definition) is 0. The summed E-state index contributed by atoms with van der Waals surface area (Å²) in [5, 5.41) is 0. The molecule has 0 fully saturated rings. The normalized spacial score (nSPS) is 14.2. The van der Waals surface area contributed by atoms with E-state index >= 15 is 0 Å². The molecule has 1 aromatic heterocycles. The van der Waals surface area contributed by atoms with E-state index in [1.807, 2.05) is 6.07 Å². The molecule has 104 valence electrons. The molecule has 0 saturated carbocycles. The Morgan fingerprint density at radius 3 is 2.70 bits per heavy atom. The molecule has 2 aromatic rings. The van der Waals surface area contributed by atoms with Crippen LogP contribution in [-0.4, -0.2) is 5.78 Å². The minimum Gasteiger partial charge on any atom is -0.287 e. The van der Waals surface area contributed by atoms with Crippen molar-refractivity contribution in [3.05, 3.63) is 56.3 Å². The van der Waals surface area contributed by atoms with Crippen LogP contribution in [-0.2, 0) is 12.8 Å². The van der Waals surface area contributed by atoms with Crippen molar-refractivity contribution in [1.82, 2.24) is 0 Å². The number of benzene rings is 1. The third-order valence-electron chi connectivity index (χ3n) is 3.73. The van der Waals surface area contributed by atoms with Crippen LogP contribution in [0.5, 0.6) is 0 Å². The fraction of sp³-hybridized carbons (Fsp3) is 0.312. The Labute approximate surface area is 120 Å². The van der Waals surface area contributed by atoms with Crippen LogP contribution in [0, 0.1) is 18.6 Å². The molecule has 4 heteroatoms. The van der Waals surface area contributed by atoms with E-state index in [-0.39, 0.29) is 5.56 Å². The Morgan fingerprint density at radius 2 is 1.95 bits per heavy atom. The lowest BCUT2D eigenvalue weighted by Crippen LogP contribution is -2.07. The summed E-state index contributed by atoms with van der Waals surface area (Å²) in [6.07, 6.45) is 4.16. The first-order valence-electron chi connectivity index (χ1n) is 6.69. The first-order valence-corrected chi connectivity index (χ1v) is 7.50. The van der Waals surface area contributed by atoms with Gasteiger partial charge in [0.15, 0.2) is 0 Å². The number of carbonyl (C=O) groups excluding carboxylic acids is 1. The van der Waals surface area contributed by atoms with Crippen LogP contribution in [0.3, 0.4) is 0 Å². The average molecular weight is 292 g/mol. The summed E-state index contributed by atoms with van der Waals surface area (Å²) in [4.78, 5) is 14.0. The van der Waals surface area contributed by atoms with Crippen LogP contribution in [0.4, 0.5) is 8.78 Å². The maximum absolute atomic E-state index is 14.0. The number of aryl methyl sites for hydroxylation is 3. The summed E-state index contributed by atoms with van der Waals surface area (Å²) < 4.78 is 27.8. The first-order chi connectivity index (χ1) is 9.58. The van der Waals surface area contributed by atoms with Crippen molar-refractivity contribution in [2.45, 2.75) is 32.6 Å². The van der Waals surface area contributed by atoms with Crippen LogP contribution >= 0.6 is 11.3 Å². The van der Waals surface area contributed by atoms with Gasteiger partial charge in [0, 0.05) is 4.88 Å². The van der Waals surface area contributed by atoms with E-state index in [1.54, 1.807) is 0 Å². The topological polar surface area (TPSA) is 17.1 Å². The zero-order valence-corrected chi connectivity index (χ0v) is 11.9. The molecule has 20 heavy (non-hydrogen) atoms. The van der Waals surface area contributed by atoms with E-state index in [4.69, 9.17) is 0 Å². The predicted molar refractivity (Wildman–Crippen MR) is 75.5 cm³/mol. The maximum atomic E-state index is 14.0. The summed E-state index contributed by atoms with van der Waals surface area (Å²) in [5.74, 6) is -2.08. The second-order valence-corrected chi connectivity index (χ2v) is 6.29. The Bertz CT molecular complexity index is 665. The summed E-state index contributed by atoms with van der Waals surface area (Å²) >= 11 is 1.38. The predicted octanol–water partition coefficient (Wildman–Crippen LogP) is 4.44. The van der Waals surface area contributed by atoms with Gasteiger partial charge in [-0.15, -0.1) is 11.3 Å². The highest BCUT2D eigenvalue weighted by molar-refractivity contribution is 7.14. The molecule has 3 rings (SSSR count). The standard InChI is InChI=1S/C16H14F2OS/c1-9-6-7-11(17)14(15(9)18)16(19)13-8-10-4-2-3-5-12(10)20-13/h6-8H,2-5H2,1H3. The van der Waals surface area contributed by atoms with Gasteiger partial charge in [-0.25, -0.2) is 8.78 Å². The Hall–Kier alpha value is -1.55. The molecule has 0 atom stereocenters. The van der Waals surface area contributed by atoms with Gasteiger partial charge in [-0.3, -0.25) is 4.79 Å². The minimum absolute atomic E-state index is 0.288. The van der Waals surface area contributed by atoms with Crippen molar-refractivity contribution in [2.75, 3.05) is 0 Å². The van der Waals surface area contributed by atoms with E-state index in [0.29, 0.717) is 4.88 Å². The van der Waals surface area contributed by atoms with Crippen LogP contribution in [0.2, 0.25) is 0 Å². The van der Waals surface area contributed by atoms with Crippen molar-refractivity contribution < 1.29 is 13.6 Å². The van der Waals surface area contributed by atoms with Gasteiger partial charge in [0.05, 0.1) is 10.4 Å². The summed E-state index contributed by atoms with van der Waals surface area (Å²) in [6, 6.07) is 4.31. The zero-order valence-electron chi connectivity index (χ0n) is 11.1. The van der Waals surface area contributed by atoms with Crippen molar-refractivity contribution in [2.24, 2.45) is 0 Å². The quantitative estimate of drug-likeness (QED) is 0.748. The second-order valence-electron chi connectivity index (χ2n) is 5.15. The van der Waals surface area contributed by atoms with Gasteiger partial charge in [0.25, 0.3) is 0 Å². The highest BCUT2D eigenvalue weighted by Gasteiger charge is 2.24. The molecule has 0 bridgehead atoms. The molecule has 1 aliphatic rings. The first kappa shape index (κ1) is 13.4. The van der Waals surface area contributed by atoms with Crippen LogP contribution in [0.15, 0.2) is 18.2 Å². The van der Waals surface area contributed by atoms with Crippen molar-refractivity contribution in [1.29, 1.82) is 0 Å². The van der Waals surface area contributed by atoms with E-state index in [2.05, 4.69) is 0 Å². The van der Waals surface area contributed by atoms with Gasteiger partial charge in [-0.05, 0) is 55.9 Å². The van der Waals surface area contributed by atoms with Crippen LogP contribution < -0.4 is 0 Å². The monoisotopic (exact) mass is 292 g/mol. The fourth-order valence-electron chi connectivity index (χ4n) is 2.59. The molecule has 0 N–H and O–H groups in total. The number of rotatable bonds is 2. The number of carbonyl (C=O) groups is 1. The fourth-order valence-corrected chi connectivity index (χ4v) is 3.79. The number of thiophene rings is 1. The molecule has 0 unspecified atom stereocenters. The molecule has 1 nitrogen and oxygen atoms in total. The summed E-state index contributed by atoms with van der Waals surface area (Å²) in [5.41, 5.74) is 1.03. The van der Waals surface area contributed by atoms with Gasteiger partial charge < -0.3 is 0 Å². The molecular formula is C16H14F2OS. The Balaban J connectivity index is 2.05. The van der Waals surface area contributed by atoms with Crippen LogP contribution in [0.1, 0.15) is 44.1 Å². The molecule has 0 radical (unpaired) electrons. The molecule has 1 aliphatic carbocycles. The second kappa shape index (κ2) is 5.09. The smallest absolute Gasteiger partial charge is 0.208 e. The number of fused-ring (bicyclic) bond motifs is 1. The molecule has 0 amide bonds. The molecule has 0 spiro atoms. The molecule has 1 aromatic carbocycles. The molecule has 0 saturated heterocycles. The highest BCUT2D eigenvalue weighted by Crippen LogP contribution is 2.32. The largest absolute Gasteiger partial charge is 0.287 e. The molecule has 0 aliphatic heterocycles. The Kier molecular flexibility index (Phi) is 3.42. The van der Waals surface area contributed by atoms with Gasteiger partial charge >= 0.3 is 0 Å². The lowest BCUT2D eigenvalue weighted by Gasteiger charge is -2.08. The van der Waals surface area contributed by atoms with Crippen molar-refractivity contribution in [3.63, 3.8) is 0 Å². The van der Waals surface area contributed by atoms with Crippen molar-refractivity contribution >= 4 is 17.1 Å². The lowest BCUT2D eigenvalue weighted by atomic mass is 9.98. The van der Waals surface area contributed by atoms with Crippen molar-refractivity contribution in [3.8, 4) is 0 Å². The van der Waals surface area contributed by atoms with Crippen LogP contribution in [0.25, 0.3) is 0 Å². The number of hydrogen-bond acceptors (Lipinski definition) is 2. The van der Waals surface area contributed by atoms with Gasteiger partial charge in [-0.2, -0.15) is 0 Å². The molecule has 1 heterocycles.